The molecule has 0 spiro atoms. The van der Waals surface area contributed by atoms with Crippen LogP contribution in [0.5, 0.6) is 0 Å². The highest BCUT2D eigenvalue weighted by atomic mass is 15.2. The zero-order valence-electron chi connectivity index (χ0n) is 10.9. The molecule has 2 fully saturated rings. The zero-order valence-corrected chi connectivity index (χ0v) is 10.9. The van der Waals surface area contributed by atoms with Crippen LogP contribution in [-0.4, -0.2) is 37.1 Å². The summed E-state index contributed by atoms with van der Waals surface area (Å²) in [6.45, 7) is 8.89. The van der Waals surface area contributed by atoms with Gasteiger partial charge in [-0.25, -0.2) is 0 Å². The van der Waals surface area contributed by atoms with Crippen molar-refractivity contribution in [2.45, 2.75) is 18.9 Å². The van der Waals surface area contributed by atoms with E-state index in [0.717, 1.165) is 18.5 Å². The molecule has 18 heavy (non-hydrogen) atoms. The van der Waals surface area contributed by atoms with Crippen LogP contribution in [0.4, 0.5) is 0 Å². The van der Waals surface area contributed by atoms with Gasteiger partial charge in [0.25, 0.3) is 0 Å². The average molecular weight is 242 g/mol. The quantitative estimate of drug-likeness (QED) is 0.875. The topological polar surface area (TPSA) is 15.3 Å². The van der Waals surface area contributed by atoms with Crippen LogP contribution >= 0.6 is 0 Å². The molecule has 1 aromatic rings. The molecule has 2 heteroatoms. The van der Waals surface area contributed by atoms with E-state index in [9.17, 15) is 0 Å². The Morgan fingerprint density at radius 3 is 2.89 bits per heavy atom. The van der Waals surface area contributed by atoms with Gasteiger partial charge in [-0.2, -0.15) is 0 Å². The van der Waals surface area contributed by atoms with E-state index in [1.165, 1.54) is 43.6 Å². The van der Waals surface area contributed by atoms with Crippen molar-refractivity contribution in [1.29, 1.82) is 0 Å². The lowest BCUT2D eigenvalue weighted by Gasteiger charge is -2.24. The van der Waals surface area contributed by atoms with E-state index in [4.69, 9.17) is 0 Å². The van der Waals surface area contributed by atoms with Crippen LogP contribution in [0.1, 0.15) is 18.4 Å². The fraction of sp³-hybridized carbons (Fsp3) is 0.500. The Balaban J connectivity index is 1.59. The van der Waals surface area contributed by atoms with Crippen molar-refractivity contribution >= 4 is 5.57 Å². The van der Waals surface area contributed by atoms with Crippen molar-refractivity contribution in [3.05, 3.63) is 42.5 Å². The number of hydrogen-bond donors (Lipinski definition) is 1. The molecule has 0 aromatic heterocycles. The summed E-state index contributed by atoms with van der Waals surface area (Å²) in [6.07, 6.45) is 2.74. The molecule has 3 rings (SSSR count). The fourth-order valence-electron chi connectivity index (χ4n) is 3.30. The zero-order chi connectivity index (χ0) is 12.4. The Morgan fingerprint density at radius 2 is 2.11 bits per heavy atom. The average Bonchev–Trinajstić information content (AvgIpc) is 2.82. The SMILES string of the molecule is C=C(CN1CC2CCCNC2C1)c1ccccc1. The minimum Gasteiger partial charge on any atom is -0.312 e. The van der Waals surface area contributed by atoms with Crippen molar-refractivity contribution in [1.82, 2.24) is 10.2 Å². The van der Waals surface area contributed by atoms with E-state index in [2.05, 4.69) is 47.1 Å². The number of rotatable bonds is 3. The Morgan fingerprint density at radius 1 is 1.28 bits per heavy atom. The summed E-state index contributed by atoms with van der Waals surface area (Å²) in [7, 11) is 0. The molecule has 0 amide bonds. The second-order valence-electron chi connectivity index (χ2n) is 5.63. The first-order valence-corrected chi connectivity index (χ1v) is 7.02. The number of piperidine rings is 1. The third-order valence-electron chi connectivity index (χ3n) is 4.27. The molecule has 2 saturated heterocycles. The summed E-state index contributed by atoms with van der Waals surface area (Å²) in [4.78, 5) is 2.56. The first-order chi connectivity index (χ1) is 8.83. The summed E-state index contributed by atoms with van der Waals surface area (Å²) in [5, 5.41) is 3.65. The van der Waals surface area contributed by atoms with Gasteiger partial charge in [-0.1, -0.05) is 36.9 Å². The predicted molar refractivity (Wildman–Crippen MR) is 76.4 cm³/mol. The Labute approximate surface area is 110 Å². The van der Waals surface area contributed by atoms with E-state index >= 15 is 0 Å². The highest BCUT2D eigenvalue weighted by molar-refractivity contribution is 5.64. The van der Waals surface area contributed by atoms with Crippen molar-refractivity contribution in [3.63, 3.8) is 0 Å². The summed E-state index contributed by atoms with van der Waals surface area (Å²) in [6, 6.07) is 11.3. The maximum absolute atomic E-state index is 4.24. The lowest BCUT2D eigenvalue weighted by Crippen LogP contribution is -2.40. The standard InChI is InChI=1S/C16H22N2/c1-13(14-6-3-2-4-7-14)10-18-11-15-8-5-9-17-16(15)12-18/h2-4,6-7,15-17H,1,5,8-12H2. The van der Waals surface area contributed by atoms with Crippen molar-refractivity contribution in [2.24, 2.45) is 5.92 Å². The molecule has 1 aromatic carbocycles. The van der Waals surface area contributed by atoms with Crippen LogP contribution in [0.15, 0.2) is 36.9 Å². The predicted octanol–water partition coefficient (Wildman–Crippen LogP) is 2.38. The molecule has 0 radical (unpaired) electrons. The van der Waals surface area contributed by atoms with E-state index < -0.39 is 0 Å². The van der Waals surface area contributed by atoms with Crippen LogP contribution in [0.3, 0.4) is 0 Å². The summed E-state index contributed by atoms with van der Waals surface area (Å²) in [5.74, 6) is 0.863. The monoisotopic (exact) mass is 242 g/mol. The fourth-order valence-corrected chi connectivity index (χ4v) is 3.30. The van der Waals surface area contributed by atoms with Crippen LogP contribution in [-0.2, 0) is 0 Å². The molecule has 2 aliphatic rings. The number of hydrogen-bond acceptors (Lipinski definition) is 2. The maximum atomic E-state index is 4.24. The summed E-state index contributed by atoms with van der Waals surface area (Å²) >= 11 is 0. The van der Waals surface area contributed by atoms with E-state index in [1.807, 2.05) is 0 Å². The highest BCUT2D eigenvalue weighted by Gasteiger charge is 2.33. The first-order valence-electron chi connectivity index (χ1n) is 7.02. The van der Waals surface area contributed by atoms with Gasteiger partial charge in [0.1, 0.15) is 0 Å². The molecule has 2 atom stereocenters. The van der Waals surface area contributed by atoms with Crippen molar-refractivity contribution < 1.29 is 0 Å². The van der Waals surface area contributed by atoms with Gasteiger partial charge >= 0.3 is 0 Å². The van der Waals surface area contributed by atoms with Gasteiger partial charge in [-0.15, -0.1) is 0 Å². The van der Waals surface area contributed by atoms with Gasteiger partial charge in [0.15, 0.2) is 0 Å². The summed E-state index contributed by atoms with van der Waals surface area (Å²) in [5.41, 5.74) is 2.52. The van der Waals surface area contributed by atoms with Gasteiger partial charge in [0.05, 0.1) is 0 Å². The van der Waals surface area contributed by atoms with Crippen LogP contribution in [0.2, 0.25) is 0 Å². The Bertz CT molecular complexity index is 398. The number of nitrogens with one attached hydrogen (secondary N) is 1. The minimum absolute atomic E-state index is 0.724. The molecule has 2 heterocycles. The van der Waals surface area contributed by atoms with E-state index in [1.54, 1.807) is 0 Å². The summed E-state index contributed by atoms with van der Waals surface area (Å²) < 4.78 is 0. The minimum atomic E-state index is 0.724. The Kier molecular flexibility index (Phi) is 3.48. The van der Waals surface area contributed by atoms with Crippen LogP contribution in [0, 0.1) is 5.92 Å². The normalized spacial score (nSPS) is 28.0. The molecule has 0 aliphatic carbocycles. The second-order valence-corrected chi connectivity index (χ2v) is 5.63. The van der Waals surface area contributed by atoms with Gasteiger partial charge in [-0.05, 0) is 36.4 Å². The molecular formula is C16H22N2. The van der Waals surface area contributed by atoms with Gasteiger partial charge < -0.3 is 5.32 Å². The first kappa shape index (κ1) is 11.9. The number of nitrogens with zero attached hydrogens (tertiary/aromatic N) is 1. The molecule has 0 saturated carbocycles. The molecule has 1 N–H and O–H groups in total. The number of likely N-dealkylation sites (tertiary alicyclic amines) is 1. The lowest BCUT2D eigenvalue weighted by atomic mass is 9.94. The van der Waals surface area contributed by atoms with Gasteiger partial charge in [-0.3, -0.25) is 4.90 Å². The van der Waals surface area contributed by atoms with Gasteiger partial charge in [0.2, 0.25) is 0 Å². The van der Waals surface area contributed by atoms with Crippen LogP contribution in [0.25, 0.3) is 5.57 Å². The second kappa shape index (κ2) is 5.25. The van der Waals surface area contributed by atoms with E-state index in [0.29, 0.717) is 0 Å². The highest BCUT2D eigenvalue weighted by Crippen LogP contribution is 2.26. The molecule has 2 unspecified atom stereocenters. The van der Waals surface area contributed by atoms with Gasteiger partial charge in [0, 0.05) is 25.7 Å². The van der Waals surface area contributed by atoms with Crippen molar-refractivity contribution in [2.75, 3.05) is 26.2 Å². The number of benzene rings is 1. The van der Waals surface area contributed by atoms with Crippen molar-refractivity contribution in [3.8, 4) is 0 Å². The molecule has 2 nitrogen and oxygen atoms in total. The van der Waals surface area contributed by atoms with E-state index in [-0.39, 0.29) is 0 Å². The largest absolute Gasteiger partial charge is 0.312 e. The smallest absolute Gasteiger partial charge is 0.0235 e. The third kappa shape index (κ3) is 2.50. The molecule has 0 bridgehead atoms. The molecule has 96 valence electrons. The van der Waals surface area contributed by atoms with Crippen LogP contribution < -0.4 is 5.32 Å². The molecule has 2 aliphatic heterocycles. The Hall–Kier alpha value is -1.12. The number of fused-ring (bicyclic) bond motifs is 1. The molecular weight excluding hydrogens is 220 g/mol. The maximum Gasteiger partial charge on any atom is 0.0235 e. The lowest BCUT2D eigenvalue weighted by molar-refractivity contribution is 0.336. The third-order valence-corrected chi connectivity index (χ3v) is 4.27.